The van der Waals surface area contributed by atoms with E-state index in [0.717, 1.165) is 5.75 Å². The van der Waals surface area contributed by atoms with Gasteiger partial charge in [0.2, 0.25) is 5.91 Å². The molecule has 0 aromatic heterocycles. The van der Waals surface area contributed by atoms with Crippen LogP contribution in [0.4, 0.5) is 4.39 Å². The van der Waals surface area contributed by atoms with Gasteiger partial charge in [-0.1, -0.05) is 34.1 Å². The molecule has 2 amide bonds. The third-order valence-electron chi connectivity index (χ3n) is 3.73. The van der Waals surface area contributed by atoms with E-state index in [0.29, 0.717) is 22.0 Å². The van der Waals surface area contributed by atoms with E-state index < -0.39 is 6.04 Å². The molecule has 0 saturated heterocycles. The predicted octanol–water partition coefficient (Wildman–Crippen LogP) is 3.76. The minimum atomic E-state index is -0.650. The summed E-state index contributed by atoms with van der Waals surface area (Å²) in [5.74, 6) is -0.219. The first-order valence-electron chi connectivity index (χ1n) is 8.07. The Hall–Kier alpha value is -1.86. The maximum Gasteiger partial charge on any atom is 0.251 e. The van der Waals surface area contributed by atoms with Gasteiger partial charge in [-0.25, -0.2) is 4.39 Å². The number of halogens is 2. The number of benzene rings is 2. The number of hydrogen-bond donors (Lipinski definition) is 2. The van der Waals surface area contributed by atoms with Crippen LogP contribution in [-0.4, -0.2) is 29.9 Å². The summed E-state index contributed by atoms with van der Waals surface area (Å²) in [7, 11) is 0. The number of carbonyl (C=O) groups excluding carboxylic acids is 2. The zero-order valence-electron chi connectivity index (χ0n) is 14.3. The number of nitrogens with one attached hydrogen (secondary N) is 2. The molecule has 2 aromatic carbocycles. The SMILES string of the molecule is CSCCC(NC(=O)c1ccccc1)C(=O)NCc1cc(F)ccc1Br. The van der Waals surface area contributed by atoms with Gasteiger partial charge < -0.3 is 10.6 Å². The second kappa shape index (κ2) is 10.3. The number of carbonyl (C=O) groups is 2. The van der Waals surface area contributed by atoms with Crippen molar-refractivity contribution >= 4 is 39.5 Å². The number of hydrogen-bond acceptors (Lipinski definition) is 3. The molecule has 26 heavy (non-hydrogen) atoms. The predicted molar refractivity (Wildman–Crippen MR) is 107 cm³/mol. The fourth-order valence-corrected chi connectivity index (χ4v) is 3.18. The van der Waals surface area contributed by atoms with Crippen LogP contribution in [0.25, 0.3) is 0 Å². The lowest BCUT2D eigenvalue weighted by molar-refractivity contribution is -0.123. The summed E-state index contributed by atoms with van der Waals surface area (Å²) in [6, 6.07) is 12.4. The molecule has 0 heterocycles. The van der Waals surface area contributed by atoms with Gasteiger partial charge >= 0.3 is 0 Å². The topological polar surface area (TPSA) is 58.2 Å². The van der Waals surface area contributed by atoms with Gasteiger partial charge in [0.05, 0.1) is 0 Å². The molecular formula is C19H20BrFN2O2S. The van der Waals surface area contributed by atoms with Crippen molar-refractivity contribution in [1.29, 1.82) is 0 Å². The minimum absolute atomic E-state index is 0.175. The zero-order valence-corrected chi connectivity index (χ0v) is 16.7. The number of rotatable bonds is 8. The van der Waals surface area contributed by atoms with Crippen molar-refractivity contribution in [3.63, 3.8) is 0 Å². The van der Waals surface area contributed by atoms with Crippen LogP contribution in [0.1, 0.15) is 22.3 Å². The normalized spacial score (nSPS) is 11.7. The van der Waals surface area contributed by atoms with E-state index in [1.807, 2.05) is 12.3 Å². The molecular weight excluding hydrogens is 419 g/mol. The van der Waals surface area contributed by atoms with E-state index in [-0.39, 0.29) is 24.2 Å². The Balaban J connectivity index is 2.01. The summed E-state index contributed by atoms with van der Waals surface area (Å²) in [6.45, 7) is 0.175. The zero-order chi connectivity index (χ0) is 18.9. The molecule has 0 bridgehead atoms. The van der Waals surface area contributed by atoms with E-state index in [1.54, 1.807) is 42.1 Å². The molecule has 1 unspecified atom stereocenters. The summed E-state index contributed by atoms with van der Waals surface area (Å²) in [4.78, 5) is 24.9. The van der Waals surface area contributed by atoms with Crippen LogP contribution in [0.5, 0.6) is 0 Å². The Morgan fingerprint density at radius 3 is 2.62 bits per heavy atom. The van der Waals surface area contributed by atoms with Gasteiger partial charge in [0.1, 0.15) is 11.9 Å². The van der Waals surface area contributed by atoms with E-state index >= 15 is 0 Å². The van der Waals surface area contributed by atoms with Crippen molar-refractivity contribution in [2.45, 2.75) is 19.0 Å². The largest absolute Gasteiger partial charge is 0.350 e. The summed E-state index contributed by atoms with van der Waals surface area (Å²) in [5.41, 5.74) is 1.14. The monoisotopic (exact) mass is 438 g/mol. The third kappa shape index (κ3) is 6.14. The van der Waals surface area contributed by atoms with E-state index in [2.05, 4.69) is 26.6 Å². The third-order valence-corrected chi connectivity index (χ3v) is 5.15. The van der Waals surface area contributed by atoms with Gasteiger partial charge in [0.25, 0.3) is 5.91 Å². The molecule has 2 N–H and O–H groups in total. The maximum atomic E-state index is 13.4. The highest BCUT2D eigenvalue weighted by atomic mass is 79.9. The fourth-order valence-electron chi connectivity index (χ4n) is 2.32. The Morgan fingerprint density at radius 2 is 1.92 bits per heavy atom. The molecule has 0 aliphatic rings. The molecule has 138 valence electrons. The van der Waals surface area contributed by atoms with Crippen molar-refractivity contribution in [2.75, 3.05) is 12.0 Å². The van der Waals surface area contributed by atoms with E-state index in [4.69, 9.17) is 0 Å². The van der Waals surface area contributed by atoms with Crippen molar-refractivity contribution in [1.82, 2.24) is 10.6 Å². The van der Waals surface area contributed by atoms with Crippen LogP contribution in [0.3, 0.4) is 0 Å². The van der Waals surface area contributed by atoms with Crippen LogP contribution in [0.2, 0.25) is 0 Å². The summed E-state index contributed by atoms with van der Waals surface area (Å²) in [6.07, 6.45) is 2.45. The van der Waals surface area contributed by atoms with Crippen LogP contribution >= 0.6 is 27.7 Å². The molecule has 0 spiro atoms. The Kier molecular flexibility index (Phi) is 8.12. The standard InChI is InChI=1S/C19H20BrFN2O2S/c1-26-10-9-17(23-18(24)13-5-3-2-4-6-13)19(25)22-12-14-11-15(21)7-8-16(14)20/h2-8,11,17H,9-10,12H2,1H3,(H,22,25)(H,23,24). The summed E-state index contributed by atoms with van der Waals surface area (Å²) >= 11 is 4.94. The molecule has 0 fully saturated rings. The van der Waals surface area contributed by atoms with Crippen LogP contribution in [0.15, 0.2) is 53.0 Å². The molecule has 7 heteroatoms. The van der Waals surface area contributed by atoms with Gasteiger partial charge in [0.15, 0.2) is 0 Å². The summed E-state index contributed by atoms with van der Waals surface area (Å²) in [5, 5.41) is 5.55. The molecule has 0 saturated carbocycles. The van der Waals surface area contributed by atoms with Crippen molar-refractivity contribution in [3.8, 4) is 0 Å². The second-order valence-electron chi connectivity index (χ2n) is 5.63. The van der Waals surface area contributed by atoms with Crippen molar-refractivity contribution < 1.29 is 14.0 Å². The van der Waals surface area contributed by atoms with Gasteiger partial charge in [-0.15, -0.1) is 0 Å². The lowest BCUT2D eigenvalue weighted by atomic mass is 10.1. The highest BCUT2D eigenvalue weighted by Gasteiger charge is 2.21. The fraction of sp³-hybridized carbons (Fsp3) is 0.263. The first-order valence-corrected chi connectivity index (χ1v) is 10.3. The summed E-state index contributed by atoms with van der Waals surface area (Å²) < 4.78 is 14.1. The lowest BCUT2D eigenvalue weighted by Gasteiger charge is -2.18. The Bertz CT molecular complexity index is 758. The number of thioether (sulfide) groups is 1. The molecule has 0 aliphatic heterocycles. The number of amides is 2. The minimum Gasteiger partial charge on any atom is -0.350 e. The van der Waals surface area contributed by atoms with Gasteiger partial charge in [-0.05, 0) is 54.3 Å². The first-order chi connectivity index (χ1) is 12.5. The highest BCUT2D eigenvalue weighted by molar-refractivity contribution is 9.10. The molecule has 0 radical (unpaired) electrons. The van der Waals surface area contributed by atoms with Crippen molar-refractivity contribution in [3.05, 3.63) is 69.9 Å². The second-order valence-corrected chi connectivity index (χ2v) is 7.47. The van der Waals surface area contributed by atoms with E-state index in [1.165, 1.54) is 12.1 Å². The van der Waals surface area contributed by atoms with Crippen molar-refractivity contribution in [2.24, 2.45) is 0 Å². The Morgan fingerprint density at radius 1 is 1.19 bits per heavy atom. The first kappa shape index (κ1) is 20.5. The average Bonchev–Trinajstić information content (AvgIpc) is 2.66. The smallest absolute Gasteiger partial charge is 0.251 e. The molecule has 2 aromatic rings. The van der Waals surface area contributed by atoms with Crippen LogP contribution in [0, 0.1) is 5.82 Å². The van der Waals surface area contributed by atoms with Crippen LogP contribution < -0.4 is 10.6 Å². The lowest BCUT2D eigenvalue weighted by Crippen LogP contribution is -2.46. The highest BCUT2D eigenvalue weighted by Crippen LogP contribution is 2.17. The quantitative estimate of drug-likeness (QED) is 0.659. The molecule has 0 aliphatic carbocycles. The van der Waals surface area contributed by atoms with Crippen LogP contribution in [-0.2, 0) is 11.3 Å². The van der Waals surface area contributed by atoms with E-state index in [9.17, 15) is 14.0 Å². The van der Waals surface area contributed by atoms with Gasteiger partial charge in [-0.3, -0.25) is 9.59 Å². The molecule has 4 nitrogen and oxygen atoms in total. The molecule has 2 rings (SSSR count). The van der Waals surface area contributed by atoms with Gasteiger partial charge in [-0.2, -0.15) is 11.8 Å². The molecule has 1 atom stereocenters. The maximum absolute atomic E-state index is 13.4. The van der Waals surface area contributed by atoms with Gasteiger partial charge in [0, 0.05) is 16.6 Å². The Labute approximate surface area is 165 Å². The average molecular weight is 439 g/mol.